The molecule has 0 spiro atoms. The number of aliphatic imine (C=N–C) groups is 1. The van der Waals surface area contributed by atoms with Gasteiger partial charge in [0.25, 0.3) is 0 Å². The van der Waals surface area contributed by atoms with Crippen LogP contribution in [0.3, 0.4) is 0 Å². The molecule has 8 heteroatoms. The Morgan fingerprint density at radius 3 is 2.75 bits per heavy atom. The Morgan fingerprint density at radius 1 is 1.35 bits per heavy atom. The maximum absolute atomic E-state index is 11.6. The lowest BCUT2D eigenvalue weighted by Gasteiger charge is -2.30. The number of amides is 1. The summed E-state index contributed by atoms with van der Waals surface area (Å²) in [5.74, 6) is -0.133. The molecule has 0 radical (unpaired) electrons. The van der Waals surface area contributed by atoms with E-state index in [2.05, 4.69) is 15.6 Å². The lowest BCUT2D eigenvalue weighted by atomic mass is 10.0. The van der Waals surface area contributed by atoms with Crippen LogP contribution >= 0.6 is 0 Å². The maximum Gasteiger partial charge on any atom is 0.250 e. The molecule has 2 atom stereocenters. The van der Waals surface area contributed by atoms with Gasteiger partial charge < -0.3 is 26.0 Å². The number of hydrogen-bond acceptors (Lipinski definition) is 7. The van der Waals surface area contributed by atoms with E-state index in [-0.39, 0.29) is 31.8 Å². The van der Waals surface area contributed by atoms with Crippen LogP contribution in [-0.4, -0.2) is 83.5 Å². The molecule has 1 amide bonds. The van der Waals surface area contributed by atoms with Crippen molar-refractivity contribution in [1.29, 1.82) is 0 Å². The third-order valence-corrected chi connectivity index (χ3v) is 3.58. The molecule has 112 valence electrons. The molecule has 5 N–H and O–H groups in total. The third-order valence-electron chi connectivity index (χ3n) is 3.58. The predicted molar refractivity (Wildman–Crippen MR) is 72.0 cm³/mol. The van der Waals surface area contributed by atoms with Crippen LogP contribution in [0.4, 0.5) is 0 Å². The summed E-state index contributed by atoms with van der Waals surface area (Å²) in [5.41, 5.74) is 0.890. The zero-order valence-corrected chi connectivity index (χ0v) is 11.1. The Kier molecular flexibility index (Phi) is 5.07. The van der Waals surface area contributed by atoms with E-state index in [1.165, 1.54) is 6.34 Å². The molecule has 2 rings (SSSR count). The summed E-state index contributed by atoms with van der Waals surface area (Å²) in [7, 11) is 0. The molecule has 2 unspecified atom stereocenters. The molecule has 0 aromatic carbocycles. The highest BCUT2D eigenvalue weighted by atomic mass is 16.3. The van der Waals surface area contributed by atoms with E-state index < -0.39 is 12.1 Å². The van der Waals surface area contributed by atoms with Gasteiger partial charge in [0.2, 0.25) is 5.91 Å². The average Bonchev–Trinajstić information content (AvgIpc) is 2.85. The molecule has 0 saturated carbocycles. The van der Waals surface area contributed by atoms with E-state index in [1.54, 1.807) is 11.1 Å². The van der Waals surface area contributed by atoms with Gasteiger partial charge in [-0.25, -0.2) is 0 Å². The van der Waals surface area contributed by atoms with Crippen molar-refractivity contribution in [1.82, 2.24) is 15.5 Å². The topological polar surface area (TPSA) is 117 Å². The summed E-state index contributed by atoms with van der Waals surface area (Å²) in [6.07, 6.45) is 3.13. The number of aliphatic hydroxyl groups is 3. The quantitative estimate of drug-likeness (QED) is 0.340. The van der Waals surface area contributed by atoms with E-state index in [0.717, 1.165) is 5.57 Å². The van der Waals surface area contributed by atoms with Crippen LogP contribution in [0.2, 0.25) is 0 Å². The van der Waals surface area contributed by atoms with Gasteiger partial charge in [0.15, 0.2) is 0 Å². The smallest absolute Gasteiger partial charge is 0.250 e. The third kappa shape index (κ3) is 2.98. The Bertz CT molecular complexity index is 408. The van der Waals surface area contributed by atoms with Crippen molar-refractivity contribution >= 4 is 12.2 Å². The van der Waals surface area contributed by atoms with Gasteiger partial charge in [-0.05, 0) is 11.8 Å². The number of nitrogens with one attached hydrogen (secondary N) is 2. The minimum atomic E-state index is -0.441. The van der Waals surface area contributed by atoms with Crippen molar-refractivity contribution in [2.24, 2.45) is 4.99 Å². The first-order chi connectivity index (χ1) is 9.71. The molecule has 2 aliphatic rings. The first-order valence-corrected chi connectivity index (χ1v) is 6.55. The van der Waals surface area contributed by atoms with E-state index in [4.69, 9.17) is 5.11 Å². The second-order valence-corrected chi connectivity index (χ2v) is 4.81. The number of carbonyl (C=O) groups is 1. The van der Waals surface area contributed by atoms with Crippen LogP contribution in [0, 0.1) is 0 Å². The minimum absolute atomic E-state index is 0.0743. The van der Waals surface area contributed by atoms with Gasteiger partial charge in [0.1, 0.15) is 12.1 Å². The van der Waals surface area contributed by atoms with Gasteiger partial charge >= 0.3 is 0 Å². The normalized spacial score (nSPS) is 24.6. The summed E-state index contributed by atoms with van der Waals surface area (Å²) >= 11 is 0. The first kappa shape index (κ1) is 14.9. The molecule has 0 aromatic heterocycles. The largest absolute Gasteiger partial charge is 0.395 e. The van der Waals surface area contributed by atoms with Crippen LogP contribution in [0.1, 0.15) is 0 Å². The standard InChI is InChI=1S/C12H20N4O4/c17-2-1-16(9(5-18)6-19)4-8-3-13-11-10(8)14-7-15-12(11)20/h3,7,9-11,13,17-19H,1-2,4-6H2,(H,14,15,20). The number of rotatable bonds is 7. The molecule has 20 heavy (non-hydrogen) atoms. The van der Waals surface area contributed by atoms with Crippen LogP contribution in [-0.2, 0) is 4.79 Å². The van der Waals surface area contributed by atoms with Crippen molar-refractivity contribution in [3.8, 4) is 0 Å². The van der Waals surface area contributed by atoms with Gasteiger partial charge in [0, 0.05) is 13.1 Å². The van der Waals surface area contributed by atoms with Crippen molar-refractivity contribution < 1.29 is 20.1 Å². The molecule has 2 heterocycles. The van der Waals surface area contributed by atoms with Crippen molar-refractivity contribution in [2.75, 3.05) is 32.9 Å². The van der Waals surface area contributed by atoms with E-state index in [0.29, 0.717) is 13.1 Å². The molecule has 8 nitrogen and oxygen atoms in total. The fraction of sp³-hybridized carbons (Fsp3) is 0.667. The van der Waals surface area contributed by atoms with Crippen LogP contribution in [0.15, 0.2) is 16.8 Å². The van der Waals surface area contributed by atoms with Gasteiger partial charge in [-0.3, -0.25) is 14.7 Å². The van der Waals surface area contributed by atoms with Crippen molar-refractivity contribution in [3.05, 3.63) is 11.8 Å². The number of aliphatic hydroxyl groups excluding tert-OH is 3. The summed E-state index contributed by atoms with van der Waals surface area (Å²) in [6, 6.07) is -1.13. The highest BCUT2D eigenvalue weighted by Gasteiger charge is 2.37. The second-order valence-electron chi connectivity index (χ2n) is 4.81. The molecular formula is C12H20N4O4. The Morgan fingerprint density at radius 2 is 2.10 bits per heavy atom. The molecule has 0 aliphatic carbocycles. The zero-order valence-electron chi connectivity index (χ0n) is 11.1. The molecule has 0 bridgehead atoms. The van der Waals surface area contributed by atoms with Gasteiger partial charge in [-0.15, -0.1) is 0 Å². The summed E-state index contributed by atoms with van der Waals surface area (Å²) in [5, 5.41) is 33.1. The summed E-state index contributed by atoms with van der Waals surface area (Å²) < 4.78 is 0. The van der Waals surface area contributed by atoms with E-state index in [9.17, 15) is 15.0 Å². The molecule has 0 fully saturated rings. The lowest BCUT2D eigenvalue weighted by molar-refractivity contribution is -0.121. The van der Waals surface area contributed by atoms with Gasteiger partial charge in [-0.1, -0.05) is 0 Å². The number of nitrogens with zero attached hydrogens (tertiary/aromatic N) is 2. The summed E-state index contributed by atoms with van der Waals surface area (Å²) in [4.78, 5) is 17.7. The zero-order chi connectivity index (χ0) is 14.5. The highest BCUT2D eigenvalue weighted by molar-refractivity contribution is 5.95. The number of carbonyl (C=O) groups excluding carboxylic acids is 1. The molecule has 2 aliphatic heterocycles. The van der Waals surface area contributed by atoms with Gasteiger partial charge in [0.05, 0.1) is 32.2 Å². The molecular weight excluding hydrogens is 264 g/mol. The Balaban J connectivity index is 2.05. The summed E-state index contributed by atoms with van der Waals surface area (Å²) in [6.45, 7) is 0.279. The Hall–Kier alpha value is -1.48. The first-order valence-electron chi connectivity index (χ1n) is 6.55. The average molecular weight is 284 g/mol. The van der Waals surface area contributed by atoms with Crippen LogP contribution in [0.5, 0.6) is 0 Å². The van der Waals surface area contributed by atoms with Crippen molar-refractivity contribution in [2.45, 2.75) is 18.1 Å². The van der Waals surface area contributed by atoms with E-state index >= 15 is 0 Å². The predicted octanol–water partition coefficient (Wildman–Crippen LogP) is -2.98. The van der Waals surface area contributed by atoms with E-state index in [1.807, 2.05) is 0 Å². The lowest BCUT2D eigenvalue weighted by Crippen LogP contribution is -2.50. The SMILES string of the molecule is O=C1NC=NC2C(CN(CCO)C(CO)CO)=CNC12. The fourth-order valence-corrected chi connectivity index (χ4v) is 2.44. The second kappa shape index (κ2) is 6.80. The number of hydrogen-bond donors (Lipinski definition) is 5. The highest BCUT2D eigenvalue weighted by Crippen LogP contribution is 2.20. The maximum atomic E-state index is 11.6. The van der Waals surface area contributed by atoms with Crippen LogP contribution in [0.25, 0.3) is 0 Å². The van der Waals surface area contributed by atoms with Crippen molar-refractivity contribution in [3.63, 3.8) is 0 Å². The number of fused-ring (bicyclic) bond motifs is 1. The molecule has 0 saturated heterocycles. The Labute approximate surface area is 116 Å². The fourth-order valence-electron chi connectivity index (χ4n) is 2.44. The van der Waals surface area contributed by atoms with Crippen LogP contribution < -0.4 is 10.6 Å². The van der Waals surface area contributed by atoms with Gasteiger partial charge in [-0.2, -0.15) is 0 Å². The molecule has 0 aromatic rings. The minimum Gasteiger partial charge on any atom is -0.395 e. The monoisotopic (exact) mass is 284 g/mol.